The molecule has 0 aromatic rings. The predicted octanol–water partition coefficient (Wildman–Crippen LogP) is 3.28. The van der Waals surface area contributed by atoms with Gasteiger partial charge in [-0.25, -0.2) is 0 Å². The van der Waals surface area contributed by atoms with Gasteiger partial charge in [-0.15, -0.1) is 11.6 Å². The van der Waals surface area contributed by atoms with Crippen LogP contribution in [0, 0.1) is 11.8 Å². The number of hydrogen-bond donors (Lipinski definition) is 1. The van der Waals surface area contributed by atoms with Crippen molar-refractivity contribution in [2.75, 3.05) is 12.4 Å². The van der Waals surface area contributed by atoms with Crippen molar-refractivity contribution < 1.29 is 0 Å². The summed E-state index contributed by atoms with van der Waals surface area (Å²) < 4.78 is 0. The molecular weight excluding hydrogens is 182 g/mol. The van der Waals surface area contributed by atoms with Crippen LogP contribution in [0.25, 0.3) is 0 Å². The molecule has 1 N–H and O–H groups in total. The van der Waals surface area contributed by atoms with E-state index in [1.807, 2.05) is 0 Å². The number of halogens is 1. The zero-order valence-corrected chi connectivity index (χ0v) is 10.2. The molecule has 0 saturated heterocycles. The topological polar surface area (TPSA) is 12.0 Å². The molecular formula is C11H24ClN. The predicted molar refractivity (Wildman–Crippen MR) is 61.4 cm³/mol. The van der Waals surface area contributed by atoms with E-state index in [0.717, 1.165) is 18.3 Å². The highest BCUT2D eigenvalue weighted by molar-refractivity contribution is 6.18. The molecule has 0 rings (SSSR count). The zero-order chi connectivity index (χ0) is 10.3. The number of hydrogen-bond acceptors (Lipinski definition) is 1. The van der Waals surface area contributed by atoms with Crippen molar-refractivity contribution in [3.05, 3.63) is 0 Å². The molecule has 0 aliphatic rings. The van der Waals surface area contributed by atoms with Gasteiger partial charge in [-0.2, -0.15) is 0 Å². The quantitative estimate of drug-likeness (QED) is 0.630. The van der Waals surface area contributed by atoms with E-state index in [-0.39, 0.29) is 0 Å². The highest BCUT2D eigenvalue weighted by Crippen LogP contribution is 2.07. The average Bonchev–Trinajstić information content (AvgIpc) is 2.05. The highest BCUT2D eigenvalue weighted by Gasteiger charge is 2.11. The molecule has 0 amide bonds. The zero-order valence-electron chi connectivity index (χ0n) is 9.44. The molecule has 0 aromatic carbocycles. The van der Waals surface area contributed by atoms with Crippen molar-refractivity contribution in [1.29, 1.82) is 0 Å². The standard InChI is InChI=1S/C11H24ClN/c1-5-6-10(4)8-13-11(7-12)9(2)3/h9-11,13H,5-8H2,1-4H3. The first kappa shape index (κ1) is 13.2. The minimum Gasteiger partial charge on any atom is -0.312 e. The van der Waals surface area contributed by atoms with Crippen LogP contribution in [0.1, 0.15) is 40.5 Å². The maximum absolute atomic E-state index is 5.86. The summed E-state index contributed by atoms with van der Waals surface area (Å²) in [7, 11) is 0. The Kier molecular flexibility index (Phi) is 7.78. The third kappa shape index (κ3) is 6.34. The van der Waals surface area contributed by atoms with Gasteiger partial charge in [0.25, 0.3) is 0 Å². The minimum absolute atomic E-state index is 0.473. The van der Waals surface area contributed by atoms with E-state index < -0.39 is 0 Å². The van der Waals surface area contributed by atoms with Crippen molar-refractivity contribution >= 4 is 11.6 Å². The maximum Gasteiger partial charge on any atom is 0.0379 e. The fraction of sp³-hybridized carbons (Fsp3) is 1.00. The lowest BCUT2D eigenvalue weighted by Crippen LogP contribution is -2.38. The van der Waals surface area contributed by atoms with Gasteiger partial charge >= 0.3 is 0 Å². The Balaban J connectivity index is 3.59. The van der Waals surface area contributed by atoms with Crippen LogP contribution in [-0.4, -0.2) is 18.5 Å². The maximum atomic E-state index is 5.86. The van der Waals surface area contributed by atoms with E-state index in [2.05, 4.69) is 33.0 Å². The first-order valence-corrected chi connectivity index (χ1v) is 5.94. The van der Waals surface area contributed by atoms with Crippen molar-refractivity contribution in [1.82, 2.24) is 5.32 Å². The van der Waals surface area contributed by atoms with Crippen LogP contribution in [0.2, 0.25) is 0 Å². The van der Waals surface area contributed by atoms with Gasteiger partial charge in [-0.05, 0) is 24.8 Å². The lowest BCUT2D eigenvalue weighted by molar-refractivity contribution is 0.383. The molecule has 0 spiro atoms. The van der Waals surface area contributed by atoms with Gasteiger partial charge in [0.15, 0.2) is 0 Å². The van der Waals surface area contributed by atoms with Gasteiger partial charge in [0.2, 0.25) is 0 Å². The Morgan fingerprint density at radius 1 is 1.23 bits per heavy atom. The summed E-state index contributed by atoms with van der Waals surface area (Å²) in [6, 6.07) is 0.473. The summed E-state index contributed by atoms with van der Waals surface area (Å²) in [5.74, 6) is 2.12. The van der Waals surface area contributed by atoms with Crippen molar-refractivity contribution in [2.24, 2.45) is 11.8 Å². The second-order valence-electron chi connectivity index (χ2n) is 4.31. The second-order valence-corrected chi connectivity index (χ2v) is 4.62. The molecule has 80 valence electrons. The van der Waals surface area contributed by atoms with Crippen LogP contribution in [0.15, 0.2) is 0 Å². The van der Waals surface area contributed by atoms with E-state index in [1.165, 1.54) is 12.8 Å². The second kappa shape index (κ2) is 7.64. The number of rotatable bonds is 7. The van der Waals surface area contributed by atoms with Crippen molar-refractivity contribution in [3.63, 3.8) is 0 Å². The van der Waals surface area contributed by atoms with E-state index in [0.29, 0.717) is 12.0 Å². The third-order valence-electron chi connectivity index (χ3n) is 2.48. The Hall–Kier alpha value is 0.250. The lowest BCUT2D eigenvalue weighted by Gasteiger charge is -2.22. The summed E-state index contributed by atoms with van der Waals surface area (Å²) in [6.45, 7) is 10.1. The summed E-state index contributed by atoms with van der Waals surface area (Å²) >= 11 is 5.86. The molecule has 0 saturated carbocycles. The van der Waals surface area contributed by atoms with Crippen molar-refractivity contribution in [2.45, 2.75) is 46.6 Å². The van der Waals surface area contributed by atoms with Gasteiger partial charge in [0.05, 0.1) is 0 Å². The molecule has 0 radical (unpaired) electrons. The van der Waals surface area contributed by atoms with Crippen LogP contribution in [-0.2, 0) is 0 Å². The average molecular weight is 206 g/mol. The fourth-order valence-electron chi connectivity index (χ4n) is 1.42. The van der Waals surface area contributed by atoms with E-state index in [9.17, 15) is 0 Å². The monoisotopic (exact) mass is 205 g/mol. The minimum atomic E-state index is 0.473. The van der Waals surface area contributed by atoms with Gasteiger partial charge in [-0.1, -0.05) is 34.1 Å². The van der Waals surface area contributed by atoms with Gasteiger partial charge in [0, 0.05) is 11.9 Å². The Morgan fingerprint density at radius 2 is 1.85 bits per heavy atom. The van der Waals surface area contributed by atoms with Gasteiger partial charge in [-0.3, -0.25) is 0 Å². The number of nitrogens with one attached hydrogen (secondary N) is 1. The lowest BCUT2D eigenvalue weighted by atomic mass is 10.0. The Labute approximate surface area is 88.2 Å². The molecule has 0 aliphatic carbocycles. The first-order chi connectivity index (χ1) is 6.11. The molecule has 0 bridgehead atoms. The molecule has 0 heterocycles. The molecule has 1 nitrogen and oxygen atoms in total. The van der Waals surface area contributed by atoms with Crippen LogP contribution in [0.5, 0.6) is 0 Å². The molecule has 0 aromatic heterocycles. The van der Waals surface area contributed by atoms with Crippen LogP contribution in [0.3, 0.4) is 0 Å². The summed E-state index contributed by atoms with van der Waals surface area (Å²) in [5.41, 5.74) is 0. The van der Waals surface area contributed by atoms with Crippen LogP contribution < -0.4 is 5.32 Å². The molecule has 0 fully saturated rings. The fourth-order valence-corrected chi connectivity index (χ4v) is 1.88. The van der Waals surface area contributed by atoms with Gasteiger partial charge < -0.3 is 5.32 Å². The Bertz CT molecular complexity index is 115. The third-order valence-corrected chi connectivity index (χ3v) is 2.81. The molecule has 2 atom stereocenters. The van der Waals surface area contributed by atoms with Gasteiger partial charge in [0.1, 0.15) is 0 Å². The van der Waals surface area contributed by atoms with Crippen molar-refractivity contribution in [3.8, 4) is 0 Å². The largest absolute Gasteiger partial charge is 0.312 e. The Morgan fingerprint density at radius 3 is 2.23 bits per heavy atom. The first-order valence-electron chi connectivity index (χ1n) is 5.41. The summed E-state index contributed by atoms with van der Waals surface area (Å²) in [4.78, 5) is 0. The molecule has 2 unspecified atom stereocenters. The molecule has 0 aliphatic heterocycles. The molecule has 13 heavy (non-hydrogen) atoms. The highest BCUT2D eigenvalue weighted by atomic mass is 35.5. The van der Waals surface area contributed by atoms with E-state index in [4.69, 9.17) is 11.6 Å². The normalized spacial score (nSPS) is 16.2. The van der Waals surface area contributed by atoms with E-state index >= 15 is 0 Å². The van der Waals surface area contributed by atoms with Crippen LogP contribution >= 0.6 is 11.6 Å². The SMILES string of the molecule is CCCC(C)CNC(CCl)C(C)C. The number of alkyl halides is 1. The summed E-state index contributed by atoms with van der Waals surface area (Å²) in [5, 5.41) is 3.52. The summed E-state index contributed by atoms with van der Waals surface area (Å²) in [6.07, 6.45) is 2.58. The molecule has 2 heteroatoms. The van der Waals surface area contributed by atoms with Crippen LogP contribution in [0.4, 0.5) is 0 Å². The smallest absolute Gasteiger partial charge is 0.0379 e. The van der Waals surface area contributed by atoms with E-state index in [1.54, 1.807) is 0 Å².